The second kappa shape index (κ2) is 4.01. The van der Waals surface area contributed by atoms with Crippen molar-refractivity contribution < 1.29 is 0 Å². The Kier molecular flexibility index (Phi) is 3.60. The highest BCUT2D eigenvalue weighted by atomic mass is 14.8. The molecule has 0 heterocycles. The number of allylic oxidation sites excluding steroid dienone is 1. The minimum absolute atomic E-state index is 0.804. The molecular weight excluding hydrogens is 112 g/mol. The fraction of sp³-hybridized carbons (Fsp3) is 0.429. The molecule has 0 aliphatic rings. The van der Waals surface area contributed by atoms with Crippen LogP contribution in [0.1, 0.15) is 13.8 Å². The summed E-state index contributed by atoms with van der Waals surface area (Å²) in [6.45, 7) is 7.35. The molecule has 0 rings (SSSR count). The van der Waals surface area contributed by atoms with Crippen LogP contribution in [0.15, 0.2) is 22.3 Å². The molecule has 0 aromatic rings. The largest absolute Gasteiger partial charge is 0.292 e. The third kappa shape index (κ3) is 4.94. The molecule has 2 nitrogen and oxygen atoms in total. The van der Waals surface area contributed by atoms with E-state index in [4.69, 9.17) is 0 Å². The van der Waals surface area contributed by atoms with Crippen LogP contribution in [0.4, 0.5) is 0 Å². The summed E-state index contributed by atoms with van der Waals surface area (Å²) in [5.41, 5.74) is 1.72. The fourth-order valence-corrected chi connectivity index (χ4v) is 0.261. The Morgan fingerprint density at radius 1 is 1.44 bits per heavy atom. The van der Waals surface area contributed by atoms with Gasteiger partial charge in [-0.25, -0.2) is 0 Å². The van der Waals surface area contributed by atoms with E-state index in [2.05, 4.69) is 16.6 Å². The van der Waals surface area contributed by atoms with Crippen molar-refractivity contribution in [3.63, 3.8) is 0 Å². The molecular formula is C7H12N2. The van der Waals surface area contributed by atoms with Gasteiger partial charge in [-0.2, -0.15) is 0 Å². The van der Waals surface area contributed by atoms with Crippen LogP contribution in [0, 0.1) is 0 Å². The lowest BCUT2D eigenvalue weighted by Crippen LogP contribution is -1.90. The first kappa shape index (κ1) is 8.08. The standard InChI is InChI=1S/C7H12N2/c1-6(2)9-5-7(3)8-4/h5H,1H2,2-4H3/b8-7-,9-5-. The van der Waals surface area contributed by atoms with Gasteiger partial charge in [-0.1, -0.05) is 6.58 Å². The molecule has 9 heavy (non-hydrogen) atoms. The second-order valence-corrected chi connectivity index (χ2v) is 1.86. The van der Waals surface area contributed by atoms with Crippen molar-refractivity contribution in [2.75, 3.05) is 7.05 Å². The van der Waals surface area contributed by atoms with E-state index < -0.39 is 0 Å². The zero-order chi connectivity index (χ0) is 7.28. The van der Waals surface area contributed by atoms with Gasteiger partial charge in [0.15, 0.2) is 0 Å². The molecule has 0 aliphatic heterocycles. The van der Waals surface area contributed by atoms with Gasteiger partial charge in [-0.3, -0.25) is 9.98 Å². The van der Waals surface area contributed by atoms with Crippen LogP contribution >= 0.6 is 0 Å². The molecule has 0 aliphatic carbocycles. The molecule has 0 unspecified atom stereocenters. The van der Waals surface area contributed by atoms with E-state index in [9.17, 15) is 0 Å². The van der Waals surface area contributed by atoms with Gasteiger partial charge in [0, 0.05) is 24.7 Å². The third-order valence-electron chi connectivity index (χ3n) is 0.824. The Bertz CT molecular complexity index is 154. The van der Waals surface area contributed by atoms with E-state index in [0.717, 1.165) is 11.4 Å². The molecule has 0 fully saturated rings. The van der Waals surface area contributed by atoms with Gasteiger partial charge >= 0.3 is 0 Å². The van der Waals surface area contributed by atoms with Crippen molar-refractivity contribution in [3.05, 3.63) is 12.3 Å². The smallest absolute Gasteiger partial charge is 0.0496 e. The molecule has 0 bridgehead atoms. The molecule has 0 N–H and O–H groups in total. The lowest BCUT2D eigenvalue weighted by atomic mass is 10.4. The van der Waals surface area contributed by atoms with Gasteiger partial charge in [0.05, 0.1) is 0 Å². The Balaban J connectivity index is 3.86. The summed E-state index contributed by atoms with van der Waals surface area (Å²) in [6, 6.07) is 0. The SMILES string of the molecule is C=C(C)/N=C\C(C)=N/C. The maximum atomic E-state index is 3.95. The van der Waals surface area contributed by atoms with Crippen LogP contribution in [0.5, 0.6) is 0 Å². The molecule has 0 amide bonds. The number of rotatable bonds is 2. The zero-order valence-electron chi connectivity index (χ0n) is 6.18. The first-order valence-electron chi connectivity index (χ1n) is 2.79. The van der Waals surface area contributed by atoms with Crippen molar-refractivity contribution in [1.29, 1.82) is 0 Å². The van der Waals surface area contributed by atoms with Gasteiger partial charge in [0.2, 0.25) is 0 Å². The predicted molar refractivity (Wildman–Crippen MR) is 42.3 cm³/mol. The summed E-state index contributed by atoms with van der Waals surface area (Å²) in [5.74, 6) is 0. The number of nitrogens with zero attached hydrogens (tertiary/aromatic N) is 2. The van der Waals surface area contributed by atoms with Crippen LogP contribution < -0.4 is 0 Å². The lowest BCUT2D eigenvalue weighted by molar-refractivity contribution is 1.34. The maximum absolute atomic E-state index is 3.95. The van der Waals surface area contributed by atoms with Gasteiger partial charge < -0.3 is 0 Å². The predicted octanol–water partition coefficient (Wildman–Crippen LogP) is 1.68. The Morgan fingerprint density at radius 3 is 2.33 bits per heavy atom. The molecule has 0 aromatic carbocycles. The monoisotopic (exact) mass is 124 g/mol. The number of hydrogen-bond donors (Lipinski definition) is 0. The van der Waals surface area contributed by atoms with Crippen LogP contribution in [0.2, 0.25) is 0 Å². The van der Waals surface area contributed by atoms with E-state index in [-0.39, 0.29) is 0 Å². The number of hydrogen-bond acceptors (Lipinski definition) is 2. The average molecular weight is 124 g/mol. The van der Waals surface area contributed by atoms with E-state index in [1.807, 2.05) is 13.8 Å². The summed E-state index contributed by atoms with van der Waals surface area (Å²) in [4.78, 5) is 7.83. The van der Waals surface area contributed by atoms with Crippen LogP contribution in [0.25, 0.3) is 0 Å². The van der Waals surface area contributed by atoms with Crippen LogP contribution in [-0.2, 0) is 0 Å². The summed E-state index contributed by atoms with van der Waals surface area (Å²) < 4.78 is 0. The molecule has 0 aromatic heterocycles. The highest BCUT2D eigenvalue weighted by molar-refractivity contribution is 6.29. The fourth-order valence-electron chi connectivity index (χ4n) is 0.261. The quantitative estimate of drug-likeness (QED) is 0.500. The molecule has 0 radical (unpaired) electrons. The first-order chi connectivity index (χ1) is 4.16. The van der Waals surface area contributed by atoms with Crippen molar-refractivity contribution in [2.24, 2.45) is 9.98 Å². The Morgan fingerprint density at radius 2 is 2.00 bits per heavy atom. The molecule has 0 saturated carbocycles. The topological polar surface area (TPSA) is 24.7 Å². The highest BCUT2D eigenvalue weighted by Gasteiger charge is 1.78. The van der Waals surface area contributed by atoms with Crippen LogP contribution in [0.3, 0.4) is 0 Å². The average Bonchev–Trinajstić information content (AvgIpc) is 1.83. The van der Waals surface area contributed by atoms with E-state index in [0.29, 0.717) is 0 Å². The van der Waals surface area contributed by atoms with Crippen LogP contribution in [-0.4, -0.2) is 19.0 Å². The third-order valence-corrected chi connectivity index (χ3v) is 0.824. The van der Waals surface area contributed by atoms with Gasteiger partial charge in [0.1, 0.15) is 0 Å². The van der Waals surface area contributed by atoms with Crippen molar-refractivity contribution in [2.45, 2.75) is 13.8 Å². The van der Waals surface area contributed by atoms with Crippen molar-refractivity contribution in [3.8, 4) is 0 Å². The molecule has 2 heteroatoms. The molecule has 0 saturated heterocycles. The van der Waals surface area contributed by atoms with Crippen molar-refractivity contribution in [1.82, 2.24) is 0 Å². The van der Waals surface area contributed by atoms with Gasteiger partial charge in [0.25, 0.3) is 0 Å². The minimum Gasteiger partial charge on any atom is -0.292 e. The molecule has 0 atom stereocenters. The maximum Gasteiger partial charge on any atom is 0.0496 e. The lowest BCUT2D eigenvalue weighted by Gasteiger charge is -1.86. The summed E-state index contributed by atoms with van der Waals surface area (Å²) in [6.07, 6.45) is 1.70. The summed E-state index contributed by atoms with van der Waals surface area (Å²) in [5, 5.41) is 0. The van der Waals surface area contributed by atoms with E-state index in [1.54, 1.807) is 13.3 Å². The van der Waals surface area contributed by atoms with Gasteiger partial charge in [-0.05, 0) is 13.8 Å². The normalized spacial score (nSPS) is 12.6. The van der Waals surface area contributed by atoms with Crippen molar-refractivity contribution >= 4 is 11.9 Å². The van der Waals surface area contributed by atoms with E-state index in [1.165, 1.54) is 0 Å². The molecule has 50 valence electrons. The van der Waals surface area contributed by atoms with Gasteiger partial charge in [-0.15, -0.1) is 0 Å². The second-order valence-electron chi connectivity index (χ2n) is 1.86. The minimum atomic E-state index is 0.804. The Hall–Kier alpha value is -0.920. The Labute approximate surface area is 56.0 Å². The summed E-state index contributed by atoms with van der Waals surface area (Å²) in [7, 11) is 1.74. The first-order valence-corrected chi connectivity index (χ1v) is 2.79. The van der Waals surface area contributed by atoms with E-state index >= 15 is 0 Å². The molecule has 0 spiro atoms. The number of aliphatic imine (C=N–C) groups is 2. The highest BCUT2D eigenvalue weighted by Crippen LogP contribution is 1.85. The zero-order valence-corrected chi connectivity index (χ0v) is 6.18. The summed E-state index contributed by atoms with van der Waals surface area (Å²) >= 11 is 0.